The quantitative estimate of drug-likeness (QED) is 0.680. The van der Waals surface area contributed by atoms with E-state index in [0.717, 1.165) is 44.6 Å². The summed E-state index contributed by atoms with van der Waals surface area (Å²) in [4.78, 5) is 2.49. The molecule has 0 amide bonds. The summed E-state index contributed by atoms with van der Waals surface area (Å²) in [6.07, 6.45) is 5.52. The summed E-state index contributed by atoms with van der Waals surface area (Å²) < 4.78 is 30.1. The van der Waals surface area contributed by atoms with Gasteiger partial charge in [0.2, 0.25) is 0 Å². The van der Waals surface area contributed by atoms with Crippen molar-refractivity contribution in [2.75, 3.05) is 13.1 Å². The summed E-state index contributed by atoms with van der Waals surface area (Å²) >= 11 is 0. The van der Waals surface area contributed by atoms with Crippen LogP contribution in [0.4, 0.5) is 8.39 Å². The van der Waals surface area contributed by atoms with Gasteiger partial charge in [0.05, 0.1) is 0 Å². The normalized spacial score (nSPS) is 28.0. The van der Waals surface area contributed by atoms with Gasteiger partial charge in [-0.1, -0.05) is 0 Å². The molecule has 1 saturated heterocycles. The Morgan fingerprint density at radius 2 is 1.86 bits per heavy atom. The zero-order chi connectivity index (χ0) is 15.3. The first-order valence-electron chi connectivity index (χ1n) is 8.44. The third kappa shape index (κ3) is 2.68. The van der Waals surface area contributed by atoms with Crippen molar-refractivity contribution in [2.45, 2.75) is 70.1 Å². The molecular formula is C16H29F2N2P. The maximum absolute atomic E-state index is 15.1. The second-order valence-corrected chi connectivity index (χ2v) is 11.0. The number of hydrogen-bond donors (Lipinski definition) is 1. The summed E-state index contributed by atoms with van der Waals surface area (Å²) in [5.74, 6) is 0.999. The summed E-state index contributed by atoms with van der Waals surface area (Å²) in [6, 6.07) is 0.694. The first-order chi connectivity index (χ1) is 9.83. The van der Waals surface area contributed by atoms with E-state index in [9.17, 15) is 0 Å². The van der Waals surface area contributed by atoms with Gasteiger partial charge in [-0.25, -0.2) is 0 Å². The van der Waals surface area contributed by atoms with E-state index in [1.54, 1.807) is 0 Å². The SMILES string of the molecule is C=CP(F)(F)(NC1CC1)C1CC2(C1)CN(C(CC)CC)C2. The van der Waals surface area contributed by atoms with Crippen LogP contribution in [-0.2, 0) is 0 Å². The molecule has 1 N–H and O–H groups in total. The molecule has 0 radical (unpaired) electrons. The Bertz CT molecular complexity index is 418. The Morgan fingerprint density at radius 1 is 1.29 bits per heavy atom. The zero-order valence-electron chi connectivity index (χ0n) is 13.3. The molecule has 0 aromatic carbocycles. The first kappa shape index (κ1) is 15.8. The van der Waals surface area contributed by atoms with Crippen LogP contribution < -0.4 is 5.09 Å². The molecule has 5 heteroatoms. The number of halogens is 2. The number of hydrogen-bond acceptors (Lipinski definition) is 2. The van der Waals surface area contributed by atoms with Crippen LogP contribution >= 0.6 is 7.38 Å². The predicted octanol–water partition coefficient (Wildman–Crippen LogP) is 4.77. The van der Waals surface area contributed by atoms with Crippen LogP contribution in [0.3, 0.4) is 0 Å². The molecule has 0 bridgehead atoms. The van der Waals surface area contributed by atoms with Gasteiger partial charge in [-0.3, -0.25) is 0 Å². The molecule has 2 nitrogen and oxygen atoms in total. The number of nitrogens with zero attached hydrogens (tertiary/aromatic N) is 1. The van der Waals surface area contributed by atoms with E-state index in [-0.39, 0.29) is 11.5 Å². The minimum absolute atomic E-state index is 0.0506. The van der Waals surface area contributed by atoms with E-state index in [1.165, 1.54) is 0 Å². The average molecular weight is 318 g/mol. The molecule has 1 heterocycles. The Labute approximate surface area is 127 Å². The van der Waals surface area contributed by atoms with Crippen LogP contribution in [0.1, 0.15) is 52.4 Å². The van der Waals surface area contributed by atoms with Gasteiger partial charge in [-0.15, -0.1) is 0 Å². The van der Waals surface area contributed by atoms with Gasteiger partial charge in [-0.2, -0.15) is 0 Å². The monoisotopic (exact) mass is 318 g/mol. The standard InChI is InChI=1S/C16H29F2N2P/c1-4-14(5-2)20-11-16(12-20)9-15(10-16)21(17,18,6-3)19-13-7-8-13/h6,13-15,19H,3-5,7-12H2,1-2H3. The van der Waals surface area contributed by atoms with E-state index in [2.05, 4.69) is 30.4 Å². The third-order valence-corrected chi connectivity index (χ3v) is 9.12. The van der Waals surface area contributed by atoms with Crippen molar-refractivity contribution >= 4 is 7.38 Å². The van der Waals surface area contributed by atoms with E-state index in [1.807, 2.05) is 0 Å². The Hall–Kier alpha value is -0.0500. The van der Waals surface area contributed by atoms with E-state index >= 15 is 8.39 Å². The van der Waals surface area contributed by atoms with Crippen molar-refractivity contribution < 1.29 is 8.39 Å². The van der Waals surface area contributed by atoms with Crippen LogP contribution in [0, 0.1) is 5.41 Å². The van der Waals surface area contributed by atoms with Gasteiger partial charge >= 0.3 is 127 Å². The van der Waals surface area contributed by atoms with E-state index in [0.29, 0.717) is 18.9 Å². The van der Waals surface area contributed by atoms with Gasteiger partial charge in [0.1, 0.15) is 0 Å². The topological polar surface area (TPSA) is 15.3 Å². The van der Waals surface area contributed by atoms with Crippen LogP contribution in [0.2, 0.25) is 0 Å². The summed E-state index contributed by atoms with van der Waals surface area (Å²) in [7, 11) is -4.86. The molecule has 0 aromatic rings. The fourth-order valence-electron chi connectivity index (χ4n) is 4.28. The van der Waals surface area contributed by atoms with Crippen LogP contribution in [0.5, 0.6) is 0 Å². The molecular weight excluding hydrogens is 289 g/mol. The molecule has 3 aliphatic rings. The molecule has 3 fully saturated rings. The first-order valence-corrected chi connectivity index (χ1v) is 10.6. The van der Waals surface area contributed by atoms with Gasteiger partial charge < -0.3 is 0 Å². The molecule has 0 unspecified atom stereocenters. The van der Waals surface area contributed by atoms with Crippen LogP contribution in [0.25, 0.3) is 0 Å². The minimum atomic E-state index is -4.86. The molecule has 1 aliphatic heterocycles. The van der Waals surface area contributed by atoms with Crippen molar-refractivity contribution in [1.29, 1.82) is 0 Å². The summed E-state index contributed by atoms with van der Waals surface area (Å²) in [5.41, 5.74) is -0.249. The second-order valence-electron chi connectivity index (χ2n) is 7.55. The van der Waals surface area contributed by atoms with Gasteiger partial charge in [0, 0.05) is 0 Å². The molecule has 0 atom stereocenters. The fourth-order valence-corrected chi connectivity index (χ4v) is 7.29. The van der Waals surface area contributed by atoms with Crippen molar-refractivity contribution in [3.63, 3.8) is 0 Å². The number of nitrogens with one attached hydrogen (secondary N) is 1. The molecule has 1 spiro atoms. The number of likely N-dealkylation sites (tertiary alicyclic amines) is 1. The van der Waals surface area contributed by atoms with Crippen molar-refractivity contribution in [3.05, 3.63) is 12.4 Å². The summed E-state index contributed by atoms with van der Waals surface area (Å²) in [6.45, 7) is 9.98. The van der Waals surface area contributed by atoms with E-state index in [4.69, 9.17) is 0 Å². The van der Waals surface area contributed by atoms with Crippen molar-refractivity contribution in [1.82, 2.24) is 9.99 Å². The predicted molar refractivity (Wildman–Crippen MR) is 86.9 cm³/mol. The van der Waals surface area contributed by atoms with Crippen LogP contribution in [0.15, 0.2) is 12.4 Å². The molecule has 3 rings (SSSR count). The molecule has 21 heavy (non-hydrogen) atoms. The van der Waals surface area contributed by atoms with Crippen molar-refractivity contribution in [2.24, 2.45) is 5.41 Å². The zero-order valence-corrected chi connectivity index (χ0v) is 14.2. The molecule has 0 aromatic heterocycles. The molecule has 122 valence electrons. The van der Waals surface area contributed by atoms with Crippen LogP contribution in [-0.4, -0.2) is 35.7 Å². The Kier molecular flexibility index (Phi) is 3.75. The van der Waals surface area contributed by atoms with Gasteiger partial charge in [-0.05, 0) is 0 Å². The fraction of sp³-hybridized carbons (Fsp3) is 0.875. The Balaban J connectivity index is 1.57. The van der Waals surface area contributed by atoms with E-state index < -0.39 is 13.0 Å². The van der Waals surface area contributed by atoms with Gasteiger partial charge in [0.25, 0.3) is 0 Å². The summed E-state index contributed by atoms with van der Waals surface area (Å²) in [5, 5.41) is 2.70. The maximum atomic E-state index is 15.1. The molecule has 2 aliphatic carbocycles. The average Bonchev–Trinajstić information content (AvgIpc) is 3.14. The van der Waals surface area contributed by atoms with Crippen molar-refractivity contribution in [3.8, 4) is 0 Å². The molecule has 2 saturated carbocycles. The Morgan fingerprint density at radius 3 is 2.29 bits per heavy atom. The third-order valence-electron chi connectivity index (χ3n) is 5.88. The van der Waals surface area contributed by atoms with Gasteiger partial charge in [0.15, 0.2) is 0 Å². The second kappa shape index (κ2) is 4.97. The number of rotatable bonds is 7.